The lowest BCUT2D eigenvalue weighted by Gasteiger charge is -2.33. The van der Waals surface area contributed by atoms with Crippen LogP contribution in [-0.2, 0) is 0 Å². The average Bonchev–Trinajstić information content (AvgIpc) is 3.08. The van der Waals surface area contributed by atoms with E-state index in [1.54, 1.807) is 18.3 Å². The number of nitrogens with two attached hydrogens (primary N) is 1. The van der Waals surface area contributed by atoms with Crippen LogP contribution in [0.4, 0.5) is 15.9 Å². The molecule has 1 aromatic carbocycles. The Morgan fingerprint density at radius 2 is 2.12 bits per heavy atom. The topological polar surface area (TPSA) is 68.2 Å². The van der Waals surface area contributed by atoms with Crippen LogP contribution in [0.3, 0.4) is 0 Å². The van der Waals surface area contributed by atoms with Crippen molar-refractivity contribution in [3.05, 3.63) is 54.4 Å². The Hall–Kier alpha value is -3.15. The van der Waals surface area contributed by atoms with Gasteiger partial charge in [0.05, 0.1) is 11.4 Å². The van der Waals surface area contributed by atoms with Crippen LogP contribution in [0.2, 0.25) is 0 Å². The summed E-state index contributed by atoms with van der Waals surface area (Å²) in [6, 6.07) is 4.93. The number of fused-ring (bicyclic) bond motifs is 3. The van der Waals surface area contributed by atoms with Crippen LogP contribution < -0.4 is 10.6 Å². The quantitative estimate of drug-likeness (QED) is 0.758. The van der Waals surface area contributed by atoms with E-state index in [1.807, 2.05) is 18.7 Å². The highest BCUT2D eigenvalue weighted by molar-refractivity contribution is 5.98. The molecular weight excluding hydrogens is 319 g/mol. The van der Waals surface area contributed by atoms with Gasteiger partial charge in [0.25, 0.3) is 0 Å². The number of hydrogen-bond donors (Lipinski definition) is 1. The summed E-state index contributed by atoms with van der Waals surface area (Å²) < 4.78 is 20.5. The molecule has 2 N–H and O–H groups in total. The van der Waals surface area contributed by atoms with Gasteiger partial charge in [0.1, 0.15) is 17.3 Å². The second-order valence-electron chi connectivity index (χ2n) is 5.95. The van der Waals surface area contributed by atoms with E-state index < -0.39 is 0 Å². The molecule has 0 unspecified atom stereocenters. The van der Waals surface area contributed by atoms with Gasteiger partial charge in [-0.2, -0.15) is 0 Å². The standard InChI is InChI=1S/C19H17FN4O/c1-4-24-11(3)17-19(25-9-23-17)13-7-14(20)16(10(2)18(13)24)12-5-6-15(21)22-8-12/h5-9H,3-4H2,1-2H3,(H2,21,22). The number of benzene rings is 1. The van der Waals surface area contributed by atoms with Gasteiger partial charge < -0.3 is 15.1 Å². The number of halogens is 1. The molecule has 0 saturated carbocycles. The highest BCUT2D eigenvalue weighted by atomic mass is 19.1. The molecule has 0 amide bonds. The second-order valence-corrected chi connectivity index (χ2v) is 5.95. The molecule has 1 aliphatic rings. The lowest BCUT2D eigenvalue weighted by molar-refractivity contribution is 0.569. The SMILES string of the molecule is C=C1c2ncoc2-c2cc(F)c(-c3ccc(N)nc3)c(C)c2N1CC. The van der Waals surface area contributed by atoms with Crippen LogP contribution in [0.5, 0.6) is 0 Å². The summed E-state index contributed by atoms with van der Waals surface area (Å²) in [5.41, 5.74) is 10.6. The lowest BCUT2D eigenvalue weighted by Crippen LogP contribution is -2.25. The fourth-order valence-electron chi connectivity index (χ4n) is 3.45. The number of nitrogens with zero attached hydrogens (tertiary/aromatic N) is 3. The number of hydrogen-bond acceptors (Lipinski definition) is 5. The summed E-state index contributed by atoms with van der Waals surface area (Å²) in [6.45, 7) is 8.74. The molecule has 0 spiro atoms. The summed E-state index contributed by atoms with van der Waals surface area (Å²) in [6.07, 6.45) is 2.95. The number of nitrogen functional groups attached to an aromatic ring is 1. The second kappa shape index (κ2) is 5.44. The molecule has 0 bridgehead atoms. The van der Waals surface area contributed by atoms with E-state index >= 15 is 0 Å². The van der Waals surface area contributed by atoms with Crippen LogP contribution in [0, 0.1) is 12.7 Å². The average molecular weight is 336 g/mol. The first-order valence-electron chi connectivity index (χ1n) is 7.98. The molecule has 3 aromatic rings. The minimum atomic E-state index is -0.339. The van der Waals surface area contributed by atoms with Crippen molar-refractivity contribution < 1.29 is 8.81 Å². The van der Waals surface area contributed by atoms with Crippen LogP contribution in [0.25, 0.3) is 28.1 Å². The zero-order valence-electron chi connectivity index (χ0n) is 14.0. The van der Waals surface area contributed by atoms with Crippen LogP contribution in [0.15, 0.2) is 41.8 Å². The predicted octanol–water partition coefficient (Wildman–Crippen LogP) is 4.24. The van der Waals surface area contributed by atoms with Gasteiger partial charge in [-0.05, 0) is 37.6 Å². The minimum Gasteiger partial charge on any atom is -0.443 e. The Kier molecular flexibility index (Phi) is 3.35. The zero-order valence-corrected chi connectivity index (χ0v) is 14.0. The third-order valence-electron chi connectivity index (χ3n) is 4.57. The Bertz CT molecular complexity index is 991. The molecule has 126 valence electrons. The van der Waals surface area contributed by atoms with E-state index in [1.165, 1.54) is 12.5 Å². The Morgan fingerprint density at radius 3 is 2.80 bits per heavy atom. The molecule has 2 aromatic heterocycles. The monoisotopic (exact) mass is 336 g/mol. The van der Waals surface area contributed by atoms with Gasteiger partial charge in [-0.1, -0.05) is 6.58 Å². The van der Waals surface area contributed by atoms with Gasteiger partial charge in [-0.25, -0.2) is 14.4 Å². The van der Waals surface area contributed by atoms with Gasteiger partial charge in [0.15, 0.2) is 12.2 Å². The molecule has 25 heavy (non-hydrogen) atoms. The maximum absolute atomic E-state index is 15.0. The molecule has 0 saturated heterocycles. The van der Waals surface area contributed by atoms with Gasteiger partial charge in [-0.15, -0.1) is 0 Å². The van der Waals surface area contributed by atoms with Gasteiger partial charge in [0.2, 0.25) is 0 Å². The highest BCUT2D eigenvalue weighted by Crippen LogP contribution is 2.48. The maximum atomic E-state index is 15.0. The summed E-state index contributed by atoms with van der Waals surface area (Å²) in [4.78, 5) is 10.3. The minimum absolute atomic E-state index is 0.339. The van der Waals surface area contributed by atoms with E-state index in [9.17, 15) is 4.39 Å². The van der Waals surface area contributed by atoms with Crippen molar-refractivity contribution in [2.45, 2.75) is 13.8 Å². The normalized spacial score (nSPS) is 12.9. The smallest absolute Gasteiger partial charge is 0.182 e. The number of aromatic nitrogens is 2. The zero-order chi connectivity index (χ0) is 17.7. The molecule has 3 heterocycles. The summed E-state index contributed by atoms with van der Waals surface area (Å²) in [7, 11) is 0. The lowest BCUT2D eigenvalue weighted by atomic mass is 9.91. The highest BCUT2D eigenvalue weighted by Gasteiger charge is 2.32. The number of pyridine rings is 1. The Morgan fingerprint density at radius 1 is 1.32 bits per heavy atom. The van der Waals surface area contributed by atoms with Crippen molar-refractivity contribution in [3.8, 4) is 22.5 Å². The largest absolute Gasteiger partial charge is 0.443 e. The fourth-order valence-corrected chi connectivity index (χ4v) is 3.45. The molecule has 4 rings (SSSR count). The molecule has 6 heteroatoms. The third kappa shape index (κ3) is 2.14. The van der Waals surface area contributed by atoms with E-state index in [0.717, 1.165) is 16.9 Å². The first kappa shape index (κ1) is 15.4. The van der Waals surface area contributed by atoms with E-state index in [2.05, 4.69) is 16.5 Å². The molecule has 0 fully saturated rings. The van der Waals surface area contributed by atoms with Gasteiger partial charge in [-0.3, -0.25) is 0 Å². The van der Waals surface area contributed by atoms with E-state index in [0.29, 0.717) is 40.5 Å². The van der Waals surface area contributed by atoms with Crippen molar-refractivity contribution in [2.75, 3.05) is 17.2 Å². The van der Waals surface area contributed by atoms with Crippen LogP contribution in [0.1, 0.15) is 18.2 Å². The fraction of sp³-hybridized carbons (Fsp3) is 0.158. The first-order valence-corrected chi connectivity index (χ1v) is 7.98. The molecular formula is C19H17FN4O. The Balaban J connectivity index is 2.03. The molecule has 5 nitrogen and oxygen atoms in total. The maximum Gasteiger partial charge on any atom is 0.182 e. The summed E-state index contributed by atoms with van der Waals surface area (Å²) >= 11 is 0. The molecule has 0 radical (unpaired) electrons. The van der Waals surface area contributed by atoms with Gasteiger partial charge in [0, 0.05) is 29.4 Å². The van der Waals surface area contributed by atoms with E-state index in [4.69, 9.17) is 10.2 Å². The van der Waals surface area contributed by atoms with Crippen LogP contribution >= 0.6 is 0 Å². The molecule has 1 aliphatic heterocycles. The van der Waals surface area contributed by atoms with Crippen molar-refractivity contribution in [3.63, 3.8) is 0 Å². The summed E-state index contributed by atoms with van der Waals surface area (Å²) in [5, 5.41) is 0. The molecule has 0 atom stereocenters. The van der Waals surface area contributed by atoms with Crippen LogP contribution in [-0.4, -0.2) is 16.5 Å². The number of rotatable bonds is 2. The number of anilines is 2. The predicted molar refractivity (Wildman–Crippen MR) is 96.3 cm³/mol. The Labute approximate surface area is 144 Å². The number of oxazole rings is 1. The third-order valence-corrected chi connectivity index (χ3v) is 4.57. The first-order chi connectivity index (χ1) is 12.0. The van der Waals surface area contributed by atoms with Gasteiger partial charge >= 0.3 is 0 Å². The van der Waals surface area contributed by atoms with E-state index in [-0.39, 0.29) is 5.82 Å². The van der Waals surface area contributed by atoms with Crippen molar-refractivity contribution in [1.29, 1.82) is 0 Å². The summed E-state index contributed by atoms with van der Waals surface area (Å²) in [5.74, 6) is 0.608. The van der Waals surface area contributed by atoms with Crippen molar-refractivity contribution in [2.24, 2.45) is 0 Å². The van der Waals surface area contributed by atoms with Crippen molar-refractivity contribution >= 4 is 17.2 Å². The van der Waals surface area contributed by atoms with Crippen molar-refractivity contribution in [1.82, 2.24) is 9.97 Å². The molecule has 0 aliphatic carbocycles.